The maximum atomic E-state index is 12.3. The highest BCUT2D eigenvalue weighted by molar-refractivity contribution is 6.76. The van der Waals surface area contributed by atoms with Crippen molar-refractivity contribution in [1.82, 2.24) is 14.7 Å². The van der Waals surface area contributed by atoms with Crippen molar-refractivity contribution in [2.75, 3.05) is 51.8 Å². The first kappa shape index (κ1) is 21.6. The molecule has 8 nitrogen and oxygen atoms in total. The number of nitrogens with two attached hydrogens (primary N) is 1. The van der Waals surface area contributed by atoms with E-state index in [2.05, 4.69) is 41.6 Å². The van der Waals surface area contributed by atoms with Gasteiger partial charge in [0.15, 0.2) is 5.75 Å². The molecule has 1 aliphatic rings. The molecule has 1 amide bonds. The van der Waals surface area contributed by atoms with Crippen LogP contribution in [0.4, 0.5) is 5.69 Å². The van der Waals surface area contributed by atoms with Crippen LogP contribution in [-0.2, 0) is 11.5 Å². The summed E-state index contributed by atoms with van der Waals surface area (Å²) in [7, 11) is 2.60. The Morgan fingerprint density at radius 1 is 1.24 bits per heavy atom. The Kier molecular flexibility index (Phi) is 6.50. The van der Waals surface area contributed by atoms with Gasteiger partial charge >= 0.3 is 0 Å². The Labute approximate surface area is 173 Å². The van der Waals surface area contributed by atoms with Crippen molar-refractivity contribution in [1.29, 1.82) is 0 Å². The smallest absolute Gasteiger partial charge is 0.250 e. The third-order valence-corrected chi connectivity index (χ3v) is 7.08. The molecule has 0 radical (unpaired) electrons. The number of likely N-dealkylation sites (N-methyl/N-ethyl adjacent to an activating group) is 1. The number of nitrogens with zero attached hydrogens (tertiary/aromatic N) is 4. The van der Waals surface area contributed by atoms with Gasteiger partial charge < -0.3 is 25.0 Å². The second-order valence-corrected chi connectivity index (χ2v) is 14.5. The normalized spacial score (nSPS) is 15.8. The van der Waals surface area contributed by atoms with Gasteiger partial charge in [0.05, 0.1) is 35.5 Å². The van der Waals surface area contributed by atoms with E-state index in [-0.39, 0.29) is 6.73 Å². The summed E-state index contributed by atoms with van der Waals surface area (Å²) in [6.07, 6.45) is 1.74. The molecule has 0 atom stereocenters. The third kappa shape index (κ3) is 4.91. The molecule has 2 heterocycles. The van der Waals surface area contributed by atoms with Gasteiger partial charge in [-0.15, -0.1) is 0 Å². The second-order valence-electron chi connectivity index (χ2n) is 8.89. The van der Waals surface area contributed by atoms with Crippen molar-refractivity contribution in [3.05, 3.63) is 17.8 Å². The number of fused-ring (bicyclic) bond motifs is 1. The van der Waals surface area contributed by atoms with Gasteiger partial charge in [-0.2, -0.15) is 5.10 Å². The highest BCUT2D eigenvalue weighted by Gasteiger charge is 2.25. The molecule has 160 valence electrons. The monoisotopic (exact) mass is 419 g/mol. The Morgan fingerprint density at radius 2 is 1.93 bits per heavy atom. The van der Waals surface area contributed by atoms with Gasteiger partial charge in [-0.3, -0.25) is 4.79 Å². The first-order chi connectivity index (χ1) is 13.7. The minimum Gasteiger partial charge on any atom is -0.494 e. The van der Waals surface area contributed by atoms with E-state index in [0.29, 0.717) is 17.7 Å². The number of methoxy groups -OCH3 is 1. The van der Waals surface area contributed by atoms with E-state index >= 15 is 0 Å². The number of aromatic nitrogens is 2. The number of rotatable bonds is 8. The highest BCUT2D eigenvalue weighted by Crippen LogP contribution is 2.39. The van der Waals surface area contributed by atoms with Crippen LogP contribution in [0.1, 0.15) is 10.4 Å². The quantitative estimate of drug-likeness (QED) is 0.522. The lowest BCUT2D eigenvalue weighted by Crippen LogP contribution is -2.44. The molecule has 2 N–H and O–H groups in total. The summed E-state index contributed by atoms with van der Waals surface area (Å²) < 4.78 is 13.3. The van der Waals surface area contributed by atoms with Crippen LogP contribution in [0.15, 0.2) is 12.3 Å². The number of hydrogen-bond acceptors (Lipinski definition) is 6. The molecule has 0 spiro atoms. The molecule has 0 bridgehead atoms. The minimum absolute atomic E-state index is 0.283. The molecule has 1 fully saturated rings. The predicted octanol–water partition coefficient (Wildman–Crippen LogP) is 2.21. The number of benzene rings is 1. The Balaban J connectivity index is 1.95. The van der Waals surface area contributed by atoms with Crippen LogP contribution in [0.3, 0.4) is 0 Å². The number of hydrogen-bond donors (Lipinski definition) is 1. The largest absolute Gasteiger partial charge is 0.494 e. The third-order valence-electron chi connectivity index (χ3n) is 5.38. The van der Waals surface area contributed by atoms with Gasteiger partial charge in [-0.1, -0.05) is 19.6 Å². The van der Waals surface area contributed by atoms with Gasteiger partial charge in [-0.25, -0.2) is 4.68 Å². The van der Waals surface area contributed by atoms with Gasteiger partial charge in [0, 0.05) is 40.9 Å². The summed E-state index contributed by atoms with van der Waals surface area (Å²) >= 11 is 0. The second kappa shape index (κ2) is 8.72. The van der Waals surface area contributed by atoms with E-state index in [1.165, 1.54) is 0 Å². The molecular formula is C20H33N5O3Si. The number of primary amides is 1. The Hall–Kier alpha value is -2.10. The van der Waals surface area contributed by atoms with Crippen LogP contribution in [0.2, 0.25) is 25.7 Å². The molecule has 1 saturated heterocycles. The van der Waals surface area contributed by atoms with Crippen LogP contribution in [0, 0.1) is 0 Å². The van der Waals surface area contributed by atoms with E-state index in [1.54, 1.807) is 18.0 Å². The van der Waals surface area contributed by atoms with Crippen LogP contribution in [0.5, 0.6) is 5.75 Å². The zero-order valence-corrected chi connectivity index (χ0v) is 19.2. The fourth-order valence-electron chi connectivity index (χ4n) is 3.56. The lowest BCUT2D eigenvalue weighted by molar-refractivity contribution is 0.0814. The summed E-state index contributed by atoms with van der Waals surface area (Å²) in [5, 5.41) is 5.25. The summed E-state index contributed by atoms with van der Waals surface area (Å²) in [5.74, 6) is 0.250. The number of carbonyl (C=O) groups is 1. The van der Waals surface area contributed by atoms with Crippen LogP contribution < -0.4 is 15.4 Å². The lowest BCUT2D eigenvalue weighted by Gasteiger charge is -2.35. The fraction of sp³-hybridized carbons (Fsp3) is 0.600. The topological polar surface area (TPSA) is 85.9 Å². The van der Waals surface area contributed by atoms with Crippen molar-refractivity contribution in [3.63, 3.8) is 0 Å². The summed E-state index contributed by atoms with van der Waals surface area (Å²) in [5.41, 5.74) is 7.75. The average Bonchev–Trinajstić information content (AvgIpc) is 3.07. The maximum absolute atomic E-state index is 12.3. The minimum atomic E-state index is -1.17. The number of carbonyl (C=O) groups excluding carboxylic acids is 1. The summed E-state index contributed by atoms with van der Waals surface area (Å²) in [6, 6.07) is 2.92. The maximum Gasteiger partial charge on any atom is 0.250 e. The highest BCUT2D eigenvalue weighted by atomic mass is 28.3. The zero-order valence-electron chi connectivity index (χ0n) is 18.2. The van der Waals surface area contributed by atoms with E-state index < -0.39 is 14.0 Å². The molecule has 0 unspecified atom stereocenters. The molecule has 2 aromatic rings. The predicted molar refractivity (Wildman–Crippen MR) is 119 cm³/mol. The fourth-order valence-corrected chi connectivity index (χ4v) is 4.31. The standard InChI is InChI=1S/C20H33N5O3Si/c1-23-6-8-24(9-7-23)17-12-15(20(21)26)18-16(19(17)27-2)13-22-25(18)14-28-10-11-29(3,4)5/h12-13H,6-11,14H2,1-5H3,(H2,21,26). The molecule has 1 aromatic carbocycles. The van der Waals surface area contributed by atoms with E-state index in [9.17, 15) is 4.79 Å². The van der Waals surface area contributed by atoms with Crippen molar-refractivity contribution in [2.45, 2.75) is 32.4 Å². The summed E-state index contributed by atoms with van der Waals surface area (Å²) in [4.78, 5) is 16.8. The average molecular weight is 420 g/mol. The van der Waals surface area contributed by atoms with Gasteiger partial charge in [0.25, 0.3) is 5.91 Å². The Bertz CT molecular complexity index is 869. The van der Waals surface area contributed by atoms with E-state index in [1.807, 2.05) is 6.07 Å². The molecule has 0 saturated carbocycles. The first-order valence-electron chi connectivity index (χ1n) is 10.1. The molecule has 29 heavy (non-hydrogen) atoms. The van der Waals surface area contributed by atoms with Gasteiger partial charge in [0.1, 0.15) is 6.73 Å². The number of anilines is 1. The number of amides is 1. The zero-order chi connectivity index (χ0) is 21.2. The molecule has 1 aromatic heterocycles. The van der Waals surface area contributed by atoms with Crippen LogP contribution >= 0.6 is 0 Å². The molecule has 1 aliphatic heterocycles. The van der Waals surface area contributed by atoms with E-state index in [4.69, 9.17) is 15.2 Å². The molecule has 0 aliphatic carbocycles. The molecular weight excluding hydrogens is 386 g/mol. The van der Waals surface area contributed by atoms with Crippen LogP contribution in [-0.4, -0.2) is 75.6 Å². The van der Waals surface area contributed by atoms with Crippen molar-refractivity contribution >= 4 is 30.6 Å². The first-order valence-corrected chi connectivity index (χ1v) is 13.8. The van der Waals surface area contributed by atoms with E-state index in [0.717, 1.165) is 49.0 Å². The molecule has 9 heteroatoms. The lowest BCUT2D eigenvalue weighted by atomic mass is 10.1. The van der Waals surface area contributed by atoms with Crippen molar-refractivity contribution in [3.8, 4) is 5.75 Å². The van der Waals surface area contributed by atoms with Gasteiger partial charge in [0.2, 0.25) is 0 Å². The summed E-state index contributed by atoms with van der Waals surface area (Å²) in [6.45, 7) is 11.6. The number of ether oxygens (including phenoxy) is 2. The molecule has 3 rings (SSSR count). The van der Waals surface area contributed by atoms with Crippen LogP contribution in [0.25, 0.3) is 10.9 Å². The number of piperazine rings is 1. The Morgan fingerprint density at radius 3 is 2.52 bits per heavy atom. The van der Waals surface area contributed by atoms with Gasteiger partial charge in [-0.05, 0) is 19.2 Å². The van der Waals surface area contributed by atoms with Crippen molar-refractivity contribution in [2.24, 2.45) is 5.73 Å². The SMILES string of the molecule is COc1c(N2CCN(C)CC2)cc(C(N)=O)c2c1cnn2COCC[Si](C)(C)C. The van der Waals surface area contributed by atoms with Crippen molar-refractivity contribution < 1.29 is 14.3 Å².